The number of nitrogens with zero attached hydrogens (tertiary/aromatic N) is 2. The molecule has 2 saturated heterocycles. The fraction of sp³-hybridized carbons (Fsp3) is 0.857. The van der Waals surface area contributed by atoms with E-state index in [2.05, 4.69) is 17.1 Å². The molecule has 2 fully saturated rings. The van der Waals surface area contributed by atoms with Crippen molar-refractivity contribution in [3.05, 3.63) is 0 Å². The highest BCUT2D eigenvalue weighted by Gasteiger charge is 2.33. The zero-order valence-electron chi connectivity index (χ0n) is 12.0. The molecule has 19 heavy (non-hydrogen) atoms. The van der Waals surface area contributed by atoms with Gasteiger partial charge in [-0.3, -0.25) is 9.59 Å². The van der Waals surface area contributed by atoms with Crippen LogP contribution in [0.15, 0.2) is 0 Å². The van der Waals surface area contributed by atoms with E-state index in [1.165, 1.54) is 25.9 Å². The van der Waals surface area contributed by atoms with Crippen LogP contribution in [0.1, 0.15) is 32.6 Å². The van der Waals surface area contributed by atoms with E-state index < -0.39 is 0 Å². The molecule has 2 aliphatic heterocycles. The molecule has 5 heteroatoms. The van der Waals surface area contributed by atoms with Crippen LogP contribution in [0.3, 0.4) is 0 Å². The number of hydrogen-bond donors (Lipinski definition) is 1. The molecule has 5 nitrogen and oxygen atoms in total. The van der Waals surface area contributed by atoms with Crippen LogP contribution in [-0.4, -0.2) is 60.9 Å². The first-order valence-electron chi connectivity index (χ1n) is 7.33. The van der Waals surface area contributed by atoms with Crippen LogP contribution < -0.4 is 5.32 Å². The van der Waals surface area contributed by atoms with Crippen molar-refractivity contribution in [1.29, 1.82) is 0 Å². The van der Waals surface area contributed by atoms with E-state index >= 15 is 0 Å². The molecule has 0 aromatic carbocycles. The van der Waals surface area contributed by atoms with Crippen molar-refractivity contribution in [3.8, 4) is 0 Å². The van der Waals surface area contributed by atoms with Gasteiger partial charge in [0.05, 0.1) is 0 Å². The molecule has 0 bridgehead atoms. The molecule has 2 amide bonds. The van der Waals surface area contributed by atoms with Crippen LogP contribution in [-0.2, 0) is 9.59 Å². The predicted octanol–water partition coefficient (Wildman–Crippen LogP) is 0.455. The van der Waals surface area contributed by atoms with Gasteiger partial charge >= 0.3 is 0 Å². The van der Waals surface area contributed by atoms with Gasteiger partial charge in [0, 0.05) is 26.6 Å². The Bertz CT molecular complexity index is 340. The second-order valence-electron chi connectivity index (χ2n) is 5.92. The van der Waals surface area contributed by atoms with Gasteiger partial charge in [-0.1, -0.05) is 6.92 Å². The summed E-state index contributed by atoms with van der Waals surface area (Å²) in [6.07, 6.45) is 3.75. The van der Waals surface area contributed by atoms with Crippen molar-refractivity contribution in [2.75, 3.05) is 33.2 Å². The minimum atomic E-state index is -0.258. The maximum Gasteiger partial charge on any atom is 0.242 e. The second-order valence-corrected chi connectivity index (χ2v) is 5.92. The lowest BCUT2D eigenvalue weighted by atomic mass is 10.1. The van der Waals surface area contributed by atoms with E-state index in [1.807, 2.05) is 0 Å². The maximum absolute atomic E-state index is 12.0. The lowest BCUT2D eigenvalue weighted by Crippen LogP contribution is -2.44. The van der Waals surface area contributed by atoms with Gasteiger partial charge in [-0.05, 0) is 38.3 Å². The Morgan fingerprint density at radius 3 is 2.68 bits per heavy atom. The third-order valence-corrected chi connectivity index (χ3v) is 4.19. The Kier molecular flexibility index (Phi) is 4.80. The summed E-state index contributed by atoms with van der Waals surface area (Å²) in [5, 5.41) is 2.99. The van der Waals surface area contributed by atoms with E-state index in [9.17, 15) is 9.59 Å². The normalized spacial score (nSPS) is 25.9. The molecular weight excluding hydrogens is 242 g/mol. The number of hydrogen-bond acceptors (Lipinski definition) is 3. The van der Waals surface area contributed by atoms with Gasteiger partial charge in [-0.15, -0.1) is 0 Å². The van der Waals surface area contributed by atoms with Gasteiger partial charge < -0.3 is 15.1 Å². The van der Waals surface area contributed by atoms with Crippen LogP contribution in [0.2, 0.25) is 0 Å². The Labute approximate surface area is 115 Å². The van der Waals surface area contributed by atoms with Gasteiger partial charge in [-0.2, -0.15) is 0 Å². The first-order valence-corrected chi connectivity index (χ1v) is 7.33. The predicted molar refractivity (Wildman–Crippen MR) is 73.6 cm³/mol. The fourth-order valence-electron chi connectivity index (χ4n) is 2.97. The van der Waals surface area contributed by atoms with Crippen molar-refractivity contribution < 1.29 is 9.59 Å². The largest absolute Gasteiger partial charge is 0.354 e. The van der Waals surface area contributed by atoms with Gasteiger partial charge in [0.1, 0.15) is 6.04 Å². The number of rotatable bonds is 5. The lowest BCUT2D eigenvalue weighted by molar-refractivity contribution is -0.133. The van der Waals surface area contributed by atoms with E-state index in [0.717, 1.165) is 6.54 Å². The quantitative estimate of drug-likeness (QED) is 0.787. The molecule has 1 N–H and O–H groups in total. The molecule has 0 unspecified atom stereocenters. The number of carbonyl (C=O) groups is 2. The number of likely N-dealkylation sites (N-methyl/N-ethyl adjacent to an activating group) is 1. The summed E-state index contributed by atoms with van der Waals surface area (Å²) in [5.41, 5.74) is 0. The molecule has 2 heterocycles. The second kappa shape index (κ2) is 6.37. The minimum Gasteiger partial charge on any atom is -0.354 e. The minimum absolute atomic E-state index is 0.00150. The van der Waals surface area contributed by atoms with Crippen molar-refractivity contribution in [2.24, 2.45) is 5.92 Å². The van der Waals surface area contributed by atoms with E-state index in [1.54, 1.807) is 11.9 Å². The Morgan fingerprint density at radius 2 is 2.11 bits per heavy atom. The molecule has 108 valence electrons. The van der Waals surface area contributed by atoms with Crippen molar-refractivity contribution in [1.82, 2.24) is 15.1 Å². The summed E-state index contributed by atoms with van der Waals surface area (Å²) in [6, 6.07) is -0.258. The summed E-state index contributed by atoms with van der Waals surface area (Å²) in [5.74, 6) is 0.538. The SMILES string of the molecule is C[C@H](CNC(=O)[C@@H]1CCC(=O)N1C)CN1CCCC1. The number of amides is 2. The van der Waals surface area contributed by atoms with Crippen molar-refractivity contribution >= 4 is 11.8 Å². The summed E-state index contributed by atoms with van der Waals surface area (Å²) < 4.78 is 0. The van der Waals surface area contributed by atoms with Crippen molar-refractivity contribution in [2.45, 2.75) is 38.6 Å². The fourth-order valence-corrected chi connectivity index (χ4v) is 2.97. The van der Waals surface area contributed by atoms with Crippen LogP contribution in [0.25, 0.3) is 0 Å². The first kappa shape index (κ1) is 14.3. The zero-order chi connectivity index (χ0) is 13.8. The highest BCUT2D eigenvalue weighted by molar-refractivity contribution is 5.90. The van der Waals surface area contributed by atoms with E-state index in [-0.39, 0.29) is 17.9 Å². The van der Waals surface area contributed by atoms with Crippen molar-refractivity contribution in [3.63, 3.8) is 0 Å². The summed E-state index contributed by atoms with van der Waals surface area (Å²) >= 11 is 0. The number of likely N-dealkylation sites (tertiary alicyclic amines) is 2. The first-order chi connectivity index (χ1) is 9.08. The molecule has 2 rings (SSSR count). The van der Waals surface area contributed by atoms with Crippen LogP contribution >= 0.6 is 0 Å². The summed E-state index contributed by atoms with van der Waals surface area (Å²) in [6.45, 7) is 6.31. The monoisotopic (exact) mass is 267 g/mol. The standard InChI is InChI=1S/C14H25N3O2/c1-11(10-17-7-3-4-8-17)9-15-14(19)12-5-6-13(18)16(12)2/h11-12H,3-10H2,1-2H3,(H,15,19)/t11-,12+/m1/s1. The van der Waals surface area contributed by atoms with Crippen LogP contribution in [0.5, 0.6) is 0 Å². The third kappa shape index (κ3) is 3.69. The van der Waals surface area contributed by atoms with Gasteiger partial charge in [-0.25, -0.2) is 0 Å². The molecular formula is C14H25N3O2. The Balaban J connectivity index is 1.69. The molecule has 0 aromatic rings. The van der Waals surface area contributed by atoms with E-state index in [4.69, 9.17) is 0 Å². The smallest absolute Gasteiger partial charge is 0.242 e. The van der Waals surface area contributed by atoms with Gasteiger partial charge in [0.2, 0.25) is 11.8 Å². The maximum atomic E-state index is 12.0. The van der Waals surface area contributed by atoms with Gasteiger partial charge in [0.25, 0.3) is 0 Å². The van der Waals surface area contributed by atoms with Crippen LogP contribution in [0.4, 0.5) is 0 Å². The van der Waals surface area contributed by atoms with Crippen LogP contribution in [0, 0.1) is 5.92 Å². The third-order valence-electron chi connectivity index (χ3n) is 4.19. The lowest BCUT2D eigenvalue weighted by Gasteiger charge is -2.23. The average Bonchev–Trinajstić information content (AvgIpc) is 2.99. The average molecular weight is 267 g/mol. The molecule has 0 aliphatic carbocycles. The summed E-state index contributed by atoms with van der Waals surface area (Å²) in [4.78, 5) is 27.5. The molecule has 0 spiro atoms. The zero-order valence-corrected chi connectivity index (χ0v) is 12.0. The highest BCUT2D eigenvalue weighted by Crippen LogP contribution is 2.16. The molecule has 0 saturated carbocycles. The Hall–Kier alpha value is -1.10. The summed E-state index contributed by atoms with van der Waals surface area (Å²) in [7, 11) is 1.72. The molecule has 2 aliphatic rings. The number of nitrogens with one attached hydrogen (secondary N) is 1. The van der Waals surface area contributed by atoms with Gasteiger partial charge in [0.15, 0.2) is 0 Å². The molecule has 0 aromatic heterocycles. The van der Waals surface area contributed by atoms with E-state index in [0.29, 0.717) is 25.3 Å². The topological polar surface area (TPSA) is 52.7 Å². The highest BCUT2D eigenvalue weighted by atomic mass is 16.2. The molecule has 0 radical (unpaired) electrons. The number of carbonyl (C=O) groups excluding carboxylic acids is 2. The Morgan fingerprint density at radius 1 is 1.42 bits per heavy atom. The molecule has 2 atom stereocenters.